The van der Waals surface area contributed by atoms with E-state index in [4.69, 9.17) is 4.74 Å². The second kappa shape index (κ2) is 7.48. The number of nitrogens with zero attached hydrogens (tertiary/aromatic N) is 1. The van der Waals surface area contributed by atoms with Crippen molar-refractivity contribution in [3.63, 3.8) is 0 Å². The lowest BCUT2D eigenvalue weighted by Gasteiger charge is -2.17. The lowest BCUT2D eigenvalue weighted by molar-refractivity contribution is -0.0764. The van der Waals surface area contributed by atoms with E-state index >= 15 is 0 Å². The van der Waals surface area contributed by atoms with Gasteiger partial charge in [0, 0.05) is 24.0 Å². The van der Waals surface area contributed by atoms with Crippen LogP contribution in [-0.4, -0.2) is 21.8 Å². The minimum absolute atomic E-state index is 0.183. The largest absolute Gasteiger partial charge is 0.364 e. The number of hydrogen-bond acceptors (Lipinski definition) is 4. The summed E-state index contributed by atoms with van der Waals surface area (Å²) in [6, 6.07) is 21.4. The molecule has 5 rings (SSSR count). The van der Waals surface area contributed by atoms with Crippen molar-refractivity contribution < 1.29 is 9.84 Å². The second-order valence-corrected chi connectivity index (χ2v) is 7.67. The zero-order chi connectivity index (χ0) is 20.7. The number of rotatable bonds is 6. The molecule has 3 aromatic carbocycles. The van der Waals surface area contributed by atoms with Crippen LogP contribution in [0.4, 0.5) is 11.4 Å². The van der Waals surface area contributed by atoms with E-state index in [1.54, 1.807) is 4.57 Å². The Labute approximate surface area is 173 Å². The summed E-state index contributed by atoms with van der Waals surface area (Å²) in [6.45, 7) is 0. The molecule has 1 saturated carbocycles. The molecule has 0 bridgehead atoms. The molecule has 0 radical (unpaired) electrons. The van der Waals surface area contributed by atoms with Gasteiger partial charge in [0.25, 0.3) is 0 Å². The Kier molecular flexibility index (Phi) is 4.65. The number of nitrogens with one attached hydrogen (secondary N) is 2. The lowest BCUT2D eigenvalue weighted by atomic mass is 10.0. The highest BCUT2D eigenvalue weighted by Gasteiger charge is 2.25. The van der Waals surface area contributed by atoms with Gasteiger partial charge in [0.15, 0.2) is 6.29 Å². The van der Waals surface area contributed by atoms with Gasteiger partial charge < -0.3 is 20.1 Å². The van der Waals surface area contributed by atoms with Crippen molar-refractivity contribution in [2.24, 2.45) is 0 Å². The third-order valence-corrected chi connectivity index (χ3v) is 5.59. The molecular weight excluding hydrogens is 378 g/mol. The van der Waals surface area contributed by atoms with Crippen molar-refractivity contribution in [2.75, 3.05) is 12.4 Å². The minimum Gasteiger partial charge on any atom is -0.364 e. The molecule has 152 valence electrons. The highest BCUT2D eigenvalue weighted by Crippen LogP contribution is 2.42. The summed E-state index contributed by atoms with van der Waals surface area (Å²) in [6.07, 6.45) is 1.38. The van der Waals surface area contributed by atoms with Gasteiger partial charge in [-0.05, 0) is 66.8 Å². The molecule has 1 fully saturated rings. The summed E-state index contributed by atoms with van der Waals surface area (Å²) in [5, 5.41) is 13.7. The lowest BCUT2D eigenvalue weighted by Crippen LogP contribution is -2.14. The van der Waals surface area contributed by atoms with Gasteiger partial charge in [-0.1, -0.05) is 24.3 Å². The normalized spacial score (nSPS) is 14.7. The van der Waals surface area contributed by atoms with E-state index in [-0.39, 0.29) is 5.69 Å². The van der Waals surface area contributed by atoms with Gasteiger partial charge >= 0.3 is 5.69 Å². The van der Waals surface area contributed by atoms with Crippen LogP contribution in [0.2, 0.25) is 0 Å². The summed E-state index contributed by atoms with van der Waals surface area (Å²) < 4.78 is 6.83. The number of hydrogen-bond donors (Lipinski definition) is 3. The minimum atomic E-state index is -1.01. The van der Waals surface area contributed by atoms with Crippen molar-refractivity contribution in [3.8, 4) is 5.69 Å². The maximum absolute atomic E-state index is 12.5. The number of para-hydroxylation sites is 1. The monoisotopic (exact) mass is 401 g/mol. The first-order valence-electron chi connectivity index (χ1n) is 10.1. The van der Waals surface area contributed by atoms with Crippen LogP contribution in [0.1, 0.15) is 36.2 Å². The number of aliphatic hydroxyl groups is 1. The van der Waals surface area contributed by atoms with Gasteiger partial charge in [-0.15, -0.1) is 0 Å². The standard InChI is InChI=1S/C24H23N3O3/c1-30-23(28)19-13-16(15-7-8-15)9-11-20(19)25-17-10-12-22-21(14-17)26-24(29)27(22)18-5-3-2-4-6-18/h2-6,9-15,23,25,28H,7-8H2,1H3,(H,26,29). The van der Waals surface area contributed by atoms with Crippen LogP contribution in [0.5, 0.6) is 0 Å². The molecule has 0 saturated heterocycles. The summed E-state index contributed by atoms with van der Waals surface area (Å²) in [5.41, 5.74) is 5.69. The summed E-state index contributed by atoms with van der Waals surface area (Å²) in [4.78, 5) is 15.5. The first-order valence-corrected chi connectivity index (χ1v) is 10.1. The molecule has 0 amide bonds. The van der Waals surface area contributed by atoms with E-state index in [9.17, 15) is 9.90 Å². The Morgan fingerprint density at radius 2 is 1.90 bits per heavy atom. The quantitative estimate of drug-likeness (QED) is 0.413. The van der Waals surface area contributed by atoms with Crippen LogP contribution in [0, 0.1) is 0 Å². The fraction of sp³-hybridized carbons (Fsp3) is 0.208. The Morgan fingerprint density at radius 1 is 1.10 bits per heavy atom. The number of benzene rings is 3. The molecular formula is C24H23N3O3. The molecule has 30 heavy (non-hydrogen) atoms. The van der Waals surface area contributed by atoms with E-state index in [0.29, 0.717) is 11.5 Å². The molecule has 3 N–H and O–H groups in total. The molecule has 6 nitrogen and oxygen atoms in total. The Balaban J connectivity index is 1.51. The second-order valence-electron chi connectivity index (χ2n) is 7.67. The summed E-state index contributed by atoms with van der Waals surface area (Å²) in [7, 11) is 1.49. The molecule has 1 aliphatic carbocycles. The van der Waals surface area contributed by atoms with Crippen LogP contribution in [0.25, 0.3) is 16.7 Å². The van der Waals surface area contributed by atoms with Gasteiger partial charge in [0.2, 0.25) is 0 Å². The number of aliphatic hydroxyl groups excluding tert-OH is 1. The molecule has 1 heterocycles. The zero-order valence-electron chi connectivity index (χ0n) is 16.6. The number of H-pyrrole nitrogens is 1. The van der Waals surface area contributed by atoms with Crippen molar-refractivity contribution in [1.82, 2.24) is 9.55 Å². The van der Waals surface area contributed by atoms with E-state index in [0.717, 1.165) is 28.1 Å². The maximum atomic E-state index is 12.5. The first-order chi connectivity index (χ1) is 14.6. The molecule has 6 heteroatoms. The van der Waals surface area contributed by atoms with Crippen LogP contribution < -0.4 is 11.0 Å². The van der Waals surface area contributed by atoms with Crippen LogP contribution in [0.3, 0.4) is 0 Å². The average Bonchev–Trinajstić information content (AvgIpc) is 3.56. The molecule has 0 aliphatic heterocycles. The molecule has 1 aromatic heterocycles. The van der Waals surface area contributed by atoms with Gasteiger partial charge in [-0.25, -0.2) is 4.79 Å². The fourth-order valence-corrected chi connectivity index (χ4v) is 3.88. The Bertz CT molecular complexity index is 1260. The first kappa shape index (κ1) is 18.7. The van der Waals surface area contributed by atoms with Crippen LogP contribution in [0.15, 0.2) is 71.5 Å². The molecule has 0 spiro atoms. The average molecular weight is 401 g/mol. The van der Waals surface area contributed by atoms with Crippen molar-refractivity contribution in [3.05, 3.63) is 88.3 Å². The highest BCUT2D eigenvalue weighted by atomic mass is 16.6. The number of anilines is 2. The SMILES string of the molecule is COC(O)c1cc(C2CC2)ccc1Nc1ccc2c(c1)[nH]c(=O)n2-c1ccccc1. The third-order valence-electron chi connectivity index (χ3n) is 5.59. The number of ether oxygens (including phenoxy) is 1. The maximum Gasteiger partial charge on any atom is 0.331 e. The van der Waals surface area contributed by atoms with Crippen LogP contribution >= 0.6 is 0 Å². The van der Waals surface area contributed by atoms with Crippen molar-refractivity contribution in [1.29, 1.82) is 0 Å². The zero-order valence-corrected chi connectivity index (χ0v) is 16.6. The van der Waals surface area contributed by atoms with E-state index < -0.39 is 6.29 Å². The van der Waals surface area contributed by atoms with Gasteiger partial charge in [0.1, 0.15) is 0 Å². The van der Waals surface area contributed by atoms with Crippen molar-refractivity contribution in [2.45, 2.75) is 25.0 Å². The van der Waals surface area contributed by atoms with Crippen molar-refractivity contribution >= 4 is 22.4 Å². The molecule has 1 atom stereocenters. The Hall–Kier alpha value is -3.35. The smallest absolute Gasteiger partial charge is 0.331 e. The topological polar surface area (TPSA) is 79.3 Å². The number of fused-ring (bicyclic) bond motifs is 1. The number of imidazole rings is 1. The molecule has 4 aromatic rings. The number of aromatic nitrogens is 2. The van der Waals surface area contributed by atoms with E-state index in [1.165, 1.54) is 25.5 Å². The highest BCUT2D eigenvalue weighted by molar-refractivity contribution is 5.82. The number of aromatic amines is 1. The predicted molar refractivity (Wildman–Crippen MR) is 118 cm³/mol. The Morgan fingerprint density at radius 3 is 2.63 bits per heavy atom. The van der Waals surface area contributed by atoms with Crippen LogP contribution in [-0.2, 0) is 4.74 Å². The van der Waals surface area contributed by atoms with Gasteiger partial charge in [-0.3, -0.25) is 4.57 Å². The summed E-state index contributed by atoms with van der Waals surface area (Å²) in [5.74, 6) is 0.584. The molecule has 1 aliphatic rings. The third kappa shape index (κ3) is 3.40. The fourth-order valence-electron chi connectivity index (χ4n) is 3.88. The summed E-state index contributed by atoms with van der Waals surface area (Å²) >= 11 is 0. The van der Waals surface area contributed by atoms with E-state index in [2.05, 4.69) is 16.4 Å². The predicted octanol–water partition coefficient (Wildman–Crippen LogP) is 4.58. The van der Waals surface area contributed by atoms with Gasteiger partial charge in [-0.2, -0.15) is 0 Å². The molecule has 1 unspecified atom stereocenters. The number of methoxy groups -OCH3 is 1. The van der Waals surface area contributed by atoms with E-state index in [1.807, 2.05) is 60.7 Å². The van der Waals surface area contributed by atoms with Gasteiger partial charge in [0.05, 0.1) is 16.7 Å².